The topological polar surface area (TPSA) is 117 Å². The lowest BCUT2D eigenvalue weighted by Crippen LogP contribution is -2.49. The number of nitrogens with two attached hydrogens (primary N) is 1. The van der Waals surface area contributed by atoms with Gasteiger partial charge in [0.15, 0.2) is 5.65 Å². The summed E-state index contributed by atoms with van der Waals surface area (Å²) in [5.74, 6) is -0.425. The van der Waals surface area contributed by atoms with Crippen molar-refractivity contribution in [3.8, 4) is 0 Å². The molecule has 4 heterocycles. The van der Waals surface area contributed by atoms with E-state index in [2.05, 4.69) is 25.2 Å². The van der Waals surface area contributed by atoms with Gasteiger partial charge in [0.05, 0.1) is 17.6 Å². The fourth-order valence-corrected chi connectivity index (χ4v) is 4.98. The van der Waals surface area contributed by atoms with Crippen molar-refractivity contribution in [1.82, 2.24) is 19.9 Å². The number of amides is 2. The number of rotatable bonds is 4. The van der Waals surface area contributed by atoms with Crippen LogP contribution >= 0.6 is 0 Å². The summed E-state index contributed by atoms with van der Waals surface area (Å²) in [6.45, 7) is 2.00. The minimum Gasteiger partial charge on any atom is -0.380 e. The third kappa shape index (κ3) is 3.08. The molecule has 5 rings (SSSR count). The number of pyridine rings is 1. The van der Waals surface area contributed by atoms with Crippen molar-refractivity contribution < 1.29 is 9.59 Å². The fraction of sp³-hybridized carbons (Fsp3) is 0.364. The van der Waals surface area contributed by atoms with Crippen LogP contribution in [0.3, 0.4) is 0 Å². The summed E-state index contributed by atoms with van der Waals surface area (Å²) in [6.07, 6.45) is 6.67. The number of carbonyl (C=O) groups is 2. The fourth-order valence-electron chi connectivity index (χ4n) is 4.98. The van der Waals surface area contributed by atoms with Gasteiger partial charge in [0.25, 0.3) is 11.8 Å². The zero-order valence-corrected chi connectivity index (χ0v) is 16.8. The molecule has 3 aromatic rings. The number of primary amides is 1. The molecule has 4 N–H and O–H groups in total. The molecule has 2 aromatic heterocycles. The molecule has 2 amide bonds. The number of aryl methyl sites for hydroxylation is 1. The van der Waals surface area contributed by atoms with Crippen molar-refractivity contribution in [2.45, 2.75) is 50.7 Å². The van der Waals surface area contributed by atoms with Gasteiger partial charge >= 0.3 is 0 Å². The summed E-state index contributed by atoms with van der Waals surface area (Å²) in [6, 6.07) is 8.28. The first-order chi connectivity index (χ1) is 14.5. The van der Waals surface area contributed by atoms with Crippen molar-refractivity contribution in [3.05, 3.63) is 53.5 Å². The Morgan fingerprint density at radius 1 is 1.20 bits per heavy atom. The first-order valence-electron chi connectivity index (χ1n) is 10.3. The Bertz CT molecular complexity index is 1130. The van der Waals surface area contributed by atoms with Gasteiger partial charge in [-0.1, -0.05) is 17.7 Å². The van der Waals surface area contributed by atoms with Gasteiger partial charge < -0.3 is 20.9 Å². The maximum atomic E-state index is 13.2. The van der Waals surface area contributed by atoms with Gasteiger partial charge in [0.1, 0.15) is 5.52 Å². The molecule has 8 nitrogen and oxygen atoms in total. The second-order valence-corrected chi connectivity index (χ2v) is 8.29. The Hall–Kier alpha value is -3.42. The van der Waals surface area contributed by atoms with E-state index in [0.29, 0.717) is 22.4 Å². The number of piperidine rings is 1. The van der Waals surface area contributed by atoms with E-state index in [1.165, 1.54) is 6.20 Å². The molecule has 2 bridgehead atoms. The average Bonchev–Trinajstić information content (AvgIpc) is 3.30. The van der Waals surface area contributed by atoms with E-state index in [1.807, 2.05) is 31.2 Å². The predicted molar refractivity (Wildman–Crippen MR) is 113 cm³/mol. The molecule has 3 atom stereocenters. The Kier molecular flexibility index (Phi) is 4.42. The molecule has 0 saturated carbocycles. The highest BCUT2D eigenvalue weighted by molar-refractivity contribution is 6.04. The third-order valence-electron chi connectivity index (χ3n) is 6.29. The summed E-state index contributed by atoms with van der Waals surface area (Å²) < 4.78 is 0. The molecule has 0 radical (unpaired) electrons. The number of nitrogens with one attached hydrogen (secondary N) is 2. The van der Waals surface area contributed by atoms with E-state index < -0.39 is 5.91 Å². The number of imidazole rings is 1. The number of nitrogens with zero attached hydrogens (tertiary/aromatic N) is 3. The van der Waals surface area contributed by atoms with Crippen molar-refractivity contribution in [3.63, 3.8) is 0 Å². The molecule has 0 spiro atoms. The van der Waals surface area contributed by atoms with Crippen molar-refractivity contribution >= 4 is 28.7 Å². The number of hydrogen-bond acceptors (Lipinski definition) is 5. The van der Waals surface area contributed by atoms with Crippen LogP contribution < -0.4 is 11.1 Å². The summed E-state index contributed by atoms with van der Waals surface area (Å²) in [5, 5.41) is 3.51. The molecule has 0 aliphatic carbocycles. The number of anilines is 1. The van der Waals surface area contributed by atoms with Crippen molar-refractivity contribution in [2.75, 3.05) is 5.32 Å². The minimum absolute atomic E-state index is 0.112. The SMILES string of the molecule is Cc1cccc(C(=O)N2[C@@H]3CC[C@H]2C[C@H](Nc2c(C(N)=O)cnc4[nH]cnc24)C3)c1. The van der Waals surface area contributed by atoms with E-state index in [-0.39, 0.29) is 24.0 Å². The highest BCUT2D eigenvalue weighted by atomic mass is 16.2. The van der Waals surface area contributed by atoms with Crippen molar-refractivity contribution in [2.24, 2.45) is 5.73 Å². The number of fused-ring (bicyclic) bond motifs is 3. The molecule has 8 heteroatoms. The lowest BCUT2D eigenvalue weighted by atomic mass is 9.95. The van der Waals surface area contributed by atoms with Crippen LogP contribution in [-0.2, 0) is 0 Å². The van der Waals surface area contributed by atoms with Gasteiger partial charge in [-0.2, -0.15) is 0 Å². The Morgan fingerprint density at radius 3 is 2.67 bits per heavy atom. The van der Waals surface area contributed by atoms with Crippen LogP contribution in [-0.4, -0.2) is 49.8 Å². The normalized spacial score (nSPS) is 23.0. The third-order valence-corrected chi connectivity index (χ3v) is 6.29. The van der Waals surface area contributed by atoms with Gasteiger partial charge in [-0.25, -0.2) is 9.97 Å². The predicted octanol–water partition coefficient (Wildman–Crippen LogP) is 2.61. The van der Waals surface area contributed by atoms with Crippen LogP contribution in [0.5, 0.6) is 0 Å². The first-order valence-corrected chi connectivity index (χ1v) is 10.3. The van der Waals surface area contributed by atoms with Gasteiger partial charge in [0.2, 0.25) is 0 Å². The molecule has 0 unspecified atom stereocenters. The van der Waals surface area contributed by atoms with Crippen molar-refractivity contribution in [1.29, 1.82) is 0 Å². The number of benzene rings is 1. The van der Waals surface area contributed by atoms with Gasteiger partial charge in [-0.3, -0.25) is 9.59 Å². The summed E-state index contributed by atoms with van der Waals surface area (Å²) in [7, 11) is 0. The van der Waals surface area contributed by atoms with Gasteiger partial charge in [0, 0.05) is 29.9 Å². The minimum atomic E-state index is -0.537. The zero-order valence-electron chi connectivity index (χ0n) is 16.8. The van der Waals surface area contributed by atoms with Crippen LogP contribution in [0.15, 0.2) is 36.8 Å². The standard InChI is InChI=1S/C22H24N6O2/c1-12-3-2-4-13(7-12)22(30)28-15-5-6-16(28)9-14(8-15)27-18-17(20(23)29)10-24-21-19(18)25-11-26-21/h2-4,7,10-11,14-16H,5-6,8-9H2,1H3,(H2,23,29)(H2,24,25,26,27)/t14-,15-,16+. The summed E-state index contributed by atoms with van der Waals surface area (Å²) in [5.41, 5.74) is 9.59. The van der Waals surface area contributed by atoms with E-state index in [0.717, 1.165) is 36.8 Å². The summed E-state index contributed by atoms with van der Waals surface area (Å²) >= 11 is 0. The first kappa shape index (κ1) is 18.6. The van der Waals surface area contributed by atoms with Gasteiger partial charge in [-0.05, 0) is 44.7 Å². The number of carbonyl (C=O) groups excluding carboxylic acids is 2. The van der Waals surface area contributed by atoms with Crippen LogP contribution in [0.4, 0.5) is 5.69 Å². The largest absolute Gasteiger partial charge is 0.380 e. The lowest BCUT2D eigenvalue weighted by molar-refractivity contribution is 0.0583. The monoisotopic (exact) mass is 404 g/mol. The van der Waals surface area contributed by atoms with E-state index in [1.54, 1.807) is 6.33 Å². The molecular formula is C22H24N6O2. The van der Waals surface area contributed by atoms with Crippen LogP contribution in [0.25, 0.3) is 11.2 Å². The highest BCUT2D eigenvalue weighted by Gasteiger charge is 2.43. The maximum absolute atomic E-state index is 13.2. The van der Waals surface area contributed by atoms with E-state index >= 15 is 0 Å². The Morgan fingerprint density at radius 2 is 1.97 bits per heavy atom. The smallest absolute Gasteiger partial charge is 0.254 e. The van der Waals surface area contributed by atoms with E-state index in [4.69, 9.17) is 5.73 Å². The summed E-state index contributed by atoms with van der Waals surface area (Å²) in [4.78, 5) is 38.7. The quantitative estimate of drug-likeness (QED) is 0.618. The zero-order chi connectivity index (χ0) is 20.8. The highest BCUT2D eigenvalue weighted by Crippen LogP contribution is 2.38. The Labute approximate surface area is 173 Å². The van der Waals surface area contributed by atoms with Crippen LogP contribution in [0.2, 0.25) is 0 Å². The number of H-pyrrole nitrogens is 1. The average molecular weight is 404 g/mol. The molecule has 30 heavy (non-hydrogen) atoms. The number of aromatic amines is 1. The molecule has 154 valence electrons. The van der Waals surface area contributed by atoms with Crippen LogP contribution in [0.1, 0.15) is 52.0 Å². The Balaban J connectivity index is 1.39. The molecular weight excluding hydrogens is 380 g/mol. The van der Waals surface area contributed by atoms with E-state index in [9.17, 15) is 9.59 Å². The molecule has 2 aliphatic rings. The molecule has 2 aliphatic heterocycles. The number of aromatic nitrogens is 3. The van der Waals surface area contributed by atoms with Gasteiger partial charge in [-0.15, -0.1) is 0 Å². The second-order valence-electron chi connectivity index (χ2n) is 8.29. The lowest BCUT2D eigenvalue weighted by Gasteiger charge is -2.39. The molecule has 2 fully saturated rings. The molecule has 2 saturated heterocycles. The second kappa shape index (κ2) is 7.12. The number of hydrogen-bond donors (Lipinski definition) is 3. The molecule has 1 aromatic carbocycles. The maximum Gasteiger partial charge on any atom is 0.254 e. The van der Waals surface area contributed by atoms with Crippen LogP contribution in [0, 0.1) is 6.92 Å².